The van der Waals surface area contributed by atoms with Crippen molar-refractivity contribution < 1.29 is 19.4 Å². The highest BCUT2D eigenvalue weighted by molar-refractivity contribution is 8.26. The molecule has 0 saturated carbocycles. The van der Waals surface area contributed by atoms with Gasteiger partial charge < -0.3 is 9.84 Å². The fourth-order valence-corrected chi connectivity index (χ4v) is 4.06. The number of hydrogen-bond acceptors (Lipinski definition) is 5. The van der Waals surface area contributed by atoms with Crippen LogP contribution in [0, 0.1) is 0 Å². The lowest BCUT2D eigenvalue weighted by Crippen LogP contribution is -2.37. The number of para-hydroxylation sites is 1. The molecule has 1 fully saturated rings. The highest BCUT2D eigenvalue weighted by atomic mass is 32.2. The van der Waals surface area contributed by atoms with E-state index in [9.17, 15) is 14.7 Å². The topological polar surface area (TPSA) is 66.8 Å². The maximum absolute atomic E-state index is 13.0. The molecule has 1 saturated heterocycles. The molecule has 1 aliphatic heterocycles. The first-order valence-electron chi connectivity index (χ1n) is 8.40. The van der Waals surface area contributed by atoms with Crippen LogP contribution in [0.25, 0.3) is 6.08 Å². The Morgan fingerprint density at radius 1 is 1.21 bits per heavy atom. The molecule has 0 spiro atoms. The third-order valence-corrected chi connectivity index (χ3v) is 5.32. The van der Waals surface area contributed by atoms with E-state index in [1.165, 1.54) is 0 Å². The highest BCUT2D eigenvalue weighted by Gasteiger charge is 2.41. The van der Waals surface area contributed by atoms with Crippen molar-refractivity contribution in [3.05, 3.63) is 83.3 Å². The Morgan fingerprint density at radius 3 is 2.57 bits per heavy atom. The van der Waals surface area contributed by atoms with Gasteiger partial charge in [-0.3, -0.25) is 9.69 Å². The third-order valence-electron chi connectivity index (χ3n) is 3.99. The number of benzene rings is 2. The van der Waals surface area contributed by atoms with Crippen LogP contribution in [0.2, 0.25) is 0 Å². The average Bonchev–Trinajstić information content (AvgIpc) is 2.96. The molecule has 2 aromatic carbocycles. The lowest BCUT2D eigenvalue weighted by atomic mass is 10.1. The van der Waals surface area contributed by atoms with E-state index in [0.717, 1.165) is 16.7 Å². The van der Waals surface area contributed by atoms with Gasteiger partial charge in [-0.1, -0.05) is 85.2 Å². The van der Waals surface area contributed by atoms with Gasteiger partial charge in [0, 0.05) is 5.56 Å². The molecule has 0 aromatic heterocycles. The maximum atomic E-state index is 13.0. The summed E-state index contributed by atoms with van der Waals surface area (Å²) in [4.78, 5) is 26.4. The summed E-state index contributed by atoms with van der Waals surface area (Å²) in [6.07, 6.45) is 3.30. The monoisotopic (exact) mass is 411 g/mol. The molecule has 0 radical (unpaired) electrons. The van der Waals surface area contributed by atoms with Crippen LogP contribution in [-0.2, 0) is 9.59 Å². The van der Waals surface area contributed by atoms with Crippen molar-refractivity contribution in [3.8, 4) is 5.75 Å². The standard InChI is InChI=1S/C21H17NO4S2/c1-2-12-26-16-11-7-6-10-15(16)13-17-19(23)22(21(27)28-17)18(20(24)25)14-8-4-3-5-9-14/h2-11,13,18H,1,12H2,(H,24,25)/b17-13-. The zero-order valence-electron chi connectivity index (χ0n) is 14.8. The second kappa shape index (κ2) is 8.86. The number of aliphatic carboxylic acids is 1. The molecular weight excluding hydrogens is 394 g/mol. The summed E-state index contributed by atoms with van der Waals surface area (Å²) in [6, 6.07) is 14.7. The number of carbonyl (C=O) groups is 2. The number of carbonyl (C=O) groups excluding carboxylic acids is 1. The first kappa shape index (κ1) is 19.9. The molecule has 2 aromatic rings. The summed E-state index contributed by atoms with van der Waals surface area (Å²) < 4.78 is 5.82. The Morgan fingerprint density at radius 2 is 1.89 bits per heavy atom. The molecular formula is C21H17NO4S2. The fraction of sp³-hybridized carbons (Fsp3) is 0.0952. The van der Waals surface area contributed by atoms with Gasteiger partial charge in [-0.15, -0.1) is 0 Å². The van der Waals surface area contributed by atoms with Crippen molar-refractivity contribution in [2.45, 2.75) is 6.04 Å². The molecule has 1 atom stereocenters. The van der Waals surface area contributed by atoms with Crippen LogP contribution < -0.4 is 4.74 Å². The average molecular weight is 412 g/mol. The smallest absolute Gasteiger partial charge is 0.331 e. The van der Waals surface area contributed by atoms with E-state index in [-0.39, 0.29) is 4.32 Å². The number of hydrogen-bond donors (Lipinski definition) is 1. The van der Waals surface area contributed by atoms with Crippen molar-refractivity contribution in [2.75, 3.05) is 6.61 Å². The molecule has 0 bridgehead atoms. The molecule has 142 valence electrons. The molecule has 28 heavy (non-hydrogen) atoms. The molecule has 1 amide bonds. The van der Waals surface area contributed by atoms with Gasteiger partial charge >= 0.3 is 5.97 Å². The quantitative estimate of drug-likeness (QED) is 0.417. The Hall–Kier alpha value is -2.90. The van der Waals surface area contributed by atoms with Crippen molar-refractivity contribution in [3.63, 3.8) is 0 Å². The molecule has 1 N–H and O–H groups in total. The normalized spacial score (nSPS) is 16.3. The van der Waals surface area contributed by atoms with Gasteiger partial charge in [0.25, 0.3) is 5.91 Å². The third kappa shape index (κ3) is 4.16. The molecule has 1 unspecified atom stereocenters. The van der Waals surface area contributed by atoms with E-state index in [1.54, 1.807) is 48.6 Å². The van der Waals surface area contributed by atoms with Crippen molar-refractivity contribution in [2.24, 2.45) is 0 Å². The lowest BCUT2D eigenvalue weighted by molar-refractivity contribution is -0.145. The molecule has 3 rings (SSSR count). The maximum Gasteiger partial charge on any atom is 0.331 e. The van der Waals surface area contributed by atoms with Gasteiger partial charge in [0.15, 0.2) is 6.04 Å². The fourth-order valence-electron chi connectivity index (χ4n) is 2.76. The second-order valence-corrected chi connectivity index (χ2v) is 7.52. The summed E-state index contributed by atoms with van der Waals surface area (Å²) in [6.45, 7) is 3.96. The first-order chi connectivity index (χ1) is 13.5. The van der Waals surface area contributed by atoms with Crippen LogP contribution in [0.15, 0.2) is 72.2 Å². The Kier molecular flexibility index (Phi) is 6.28. The van der Waals surface area contributed by atoms with E-state index < -0.39 is 17.9 Å². The largest absolute Gasteiger partial charge is 0.489 e. The van der Waals surface area contributed by atoms with Crippen LogP contribution in [0.1, 0.15) is 17.2 Å². The first-order valence-corrected chi connectivity index (χ1v) is 9.63. The van der Waals surface area contributed by atoms with E-state index in [0.29, 0.717) is 28.4 Å². The van der Waals surface area contributed by atoms with Crippen molar-refractivity contribution in [1.29, 1.82) is 0 Å². The predicted octanol–water partition coefficient (Wildman–Crippen LogP) is 4.28. The number of rotatable bonds is 7. The van der Waals surface area contributed by atoms with E-state index in [1.807, 2.05) is 18.2 Å². The van der Waals surface area contributed by atoms with E-state index in [2.05, 4.69) is 6.58 Å². The minimum atomic E-state index is -1.17. The number of carboxylic acid groups (broad SMARTS) is 1. The van der Waals surface area contributed by atoms with Crippen LogP contribution in [0.5, 0.6) is 5.75 Å². The Bertz CT molecular complexity index is 956. The molecule has 5 nitrogen and oxygen atoms in total. The van der Waals surface area contributed by atoms with Crippen LogP contribution in [0.3, 0.4) is 0 Å². The zero-order valence-corrected chi connectivity index (χ0v) is 16.4. The predicted molar refractivity (Wildman–Crippen MR) is 114 cm³/mol. The number of ether oxygens (including phenoxy) is 1. The van der Waals surface area contributed by atoms with Crippen LogP contribution in [0.4, 0.5) is 0 Å². The summed E-state index contributed by atoms with van der Waals surface area (Å²) in [5.41, 5.74) is 1.19. The summed E-state index contributed by atoms with van der Waals surface area (Å²) in [5.74, 6) is -0.978. The van der Waals surface area contributed by atoms with Crippen LogP contribution >= 0.6 is 24.0 Å². The van der Waals surface area contributed by atoms with Gasteiger partial charge in [0.2, 0.25) is 0 Å². The van der Waals surface area contributed by atoms with Gasteiger partial charge in [0.05, 0.1) is 4.91 Å². The highest BCUT2D eigenvalue weighted by Crippen LogP contribution is 2.39. The molecule has 1 heterocycles. The number of thioether (sulfide) groups is 1. The van der Waals surface area contributed by atoms with Crippen molar-refractivity contribution >= 4 is 46.3 Å². The van der Waals surface area contributed by atoms with Gasteiger partial charge in [-0.05, 0) is 17.7 Å². The molecule has 0 aliphatic carbocycles. The molecule has 1 aliphatic rings. The van der Waals surface area contributed by atoms with Gasteiger partial charge in [-0.2, -0.15) is 0 Å². The van der Waals surface area contributed by atoms with E-state index in [4.69, 9.17) is 17.0 Å². The summed E-state index contributed by atoms with van der Waals surface area (Å²) in [7, 11) is 0. The van der Waals surface area contributed by atoms with Gasteiger partial charge in [-0.25, -0.2) is 4.79 Å². The minimum absolute atomic E-state index is 0.206. The minimum Gasteiger partial charge on any atom is -0.489 e. The number of amides is 1. The Balaban J connectivity index is 1.95. The number of nitrogens with zero attached hydrogens (tertiary/aromatic N) is 1. The van der Waals surface area contributed by atoms with E-state index >= 15 is 0 Å². The van der Waals surface area contributed by atoms with Crippen molar-refractivity contribution in [1.82, 2.24) is 4.90 Å². The zero-order chi connectivity index (χ0) is 20.1. The number of thiocarbonyl (C=S) groups is 1. The summed E-state index contributed by atoms with van der Waals surface area (Å²) >= 11 is 6.41. The van der Waals surface area contributed by atoms with Crippen LogP contribution in [-0.4, -0.2) is 32.8 Å². The summed E-state index contributed by atoms with van der Waals surface area (Å²) in [5, 5.41) is 9.73. The molecule has 7 heteroatoms. The second-order valence-electron chi connectivity index (χ2n) is 5.84. The Labute approximate surface area is 172 Å². The lowest BCUT2D eigenvalue weighted by Gasteiger charge is -2.23. The SMILES string of the molecule is C=CCOc1ccccc1/C=C1\SC(=S)N(C(C(=O)O)c2ccccc2)C1=O. The number of carboxylic acids is 1. The van der Waals surface area contributed by atoms with Gasteiger partial charge in [0.1, 0.15) is 16.7 Å².